The van der Waals surface area contributed by atoms with Crippen LogP contribution in [0.1, 0.15) is 46.3 Å². The van der Waals surface area contributed by atoms with Gasteiger partial charge in [0.05, 0.1) is 37.0 Å². The van der Waals surface area contributed by atoms with Crippen LogP contribution < -0.4 is 14.4 Å². The third-order valence-electron chi connectivity index (χ3n) is 5.58. The van der Waals surface area contributed by atoms with Gasteiger partial charge >= 0.3 is 18.4 Å². The van der Waals surface area contributed by atoms with Gasteiger partial charge < -0.3 is 14.6 Å². The Morgan fingerprint density at radius 3 is 1.85 bits per heavy atom. The highest BCUT2D eigenvalue weighted by molar-refractivity contribution is 6.04. The van der Waals surface area contributed by atoms with Gasteiger partial charge in [0.15, 0.2) is 17.3 Å². The lowest BCUT2D eigenvalue weighted by Gasteiger charge is -2.37. The standard InChI is InChI=1S/C22H19F6NO5/c1-10-4-15(14-8-17(33-2)18(34-3)9-16(14)29(10)20(31)32)19(30)11-5-12(21(23,24)25)7-13(6-11)22(26,27)28/h5-10,15H,4H2,1-3H3,(H,31,32)/t10-,15-/m1/s1. The Balaban J connectivity index is 2.22. The van der Waals surface area contributed by atoms with Crippen LogP contribution in [0.5, 0.6) is 11.5 Å². The summed E-state index contributed by atoms with van der Waals surface area (Å²) in [4.78, 5) is 26.1. The van der Waals surface area contributed by atoms with Gasteiger partial charge in [-0.05, 0) is 43.2 Å². The van der Waals surface area contributed by atoms with Crippen LogP contribution >= 0.6 is 0 Å². The zero-order chi connectivity index (χ0) is 25.6. The molecule has 0 unspecified atom stereocenters. The van der Waals surface area contributed by atoms with Crippen LogP contribution in [0.3, 0.4) is 0 Å². The molecule has 0 fully saturated rings. The van der Waals surface area contributed by atoms with E-state index < -0.39 is 52.9 Å². The molecule has 2 aromatic rings. The third-order valence-corrected chi connectivity index (χ3v) is 5.58. The van der Waals surface area contributed by atoms with Gasteiger partial charge in [0.25, 0.3) is 0 Å². The van der Waals surface area contributed by atoms with Crippen LogP contribution in [0.4, 0.5) is 36.8 Å². The van der Waals surface area contributed by atoms with Crippen molar-refractivity contribution in [3.05, 3.63) is 52.6 Å². The van der Waals surface area contributed by atoms with Crippen LogP contribution in [0.2, 0.25) is 0 Å². The number of hydrogen-bond acceptors (Lipinski definition) is 4. The summed E-state index contributed by atoms with van der Waals surface area (Å²) in [6.45, 7) is 1.47. The van der Waals surface area contributed by atoms with Crippen molar-refractivity contribution in [2.75, 3.05) is 19.1 Å². The molecule has 34 heavy (non-hydrogen) atoms. The first-order valence-electron chi connectivity index (χ1n) is 9.80. The van der Waals surface area contributed by atoms with Crippen LogP contribution in [0.25, 0.3) is 0 Å². The molecule has 6 nitrogen and oxygen atoms in total. The highest BCUT2D eigenvalue weighted by atomic mass is 19.4. The molecule has 2 atom stereocenters. The summed E-state index contributed by atoms with van der Waals surface area (Å²) >= 11 is 0. The van der Waals surface area contributed by atoms with Crippen LogP contribution in [-0.4, -0.2) is 37.2 Å². The van der Waals surface area contributed by atoms with Crippen LogP contribution in [0, 0.1) is 0 Å². The van der Waals surface area contributed by atoms with Gasteiger partial charge in [-0.1, -0.05) is 0 Å². The summed E-state index contributed by atoms with van der Waals surface area (Å²) in [5, 5.41) is 9.66. The number of benzene rings is 2. The summed E-state index contributed by atoms with van der Waals surface area (Å²) in [6.07, 6.45) is -11.8. The number of carbonyl (C=O) groups excluding carboxylic acids is 1. The second-order valence-corrected chi connectivity index (χ2v) is 7.71. The first-order valence-corrected chi connectivity index (χ1v) is 9.80. The number of rotatable bonds is 4. The van der Waals surface area contributed by atoms with Crippen molar-refractivity contribution in [1.82, 2.24) is 0 Å². The average molecular weight is 491 g/mol. The average Bonchev–Trinajstić information content (AvgIpc) is 2.75. The predicted molar refractivity (Wildman–Crippen MR) is 108 cm³/mol. The van der Waals surface area contributed by atoms with Crippen LogP contribution in [0.15, 0.2) is 30.3 Å². The minimum absolute atomic E-state index is 0.0188. The smallest absolute Gasteiger partial charge is 0.416 e. The Morgan fingerprint density at radius 1 is 0.912 bits per heavy atom. The second-order valence-electron chi connectivity index (χ2n) is 7.71. The number of anilines is 1. The van der Waals surface area contributed by atoms with Gasteiger partial charge in [-0.2, -0.15) is 26.3 Å². The lowest BCUT2D eigenvalue weighted by Crippen LogP contribution is -2.43. The number of fused-ring (bicyclic) bond motifs is 1. The fourth-order valence-corrected chi connectivity index (χ4v) is 4.02. The van der Waals surface area contributed by atoms with Gasteiger partial charge in [-0.3, -0.25) is 9.69 Å². The molecule has 12 heteroatoms. The largest absolute Gasteiger partial charge is 0.493 e. The first-order chi connectivity index (χ1) is 15.7. The number of amides is 1. The van der Waals surface area contributed by atoms with Crippen molar-refractivity contribution in [3.8, 4) is 11.5 Å². The Kier molecular flexibility index (Phi) is 6.47. The molecule has 0 spiro atoms. The molecule has 0 aromatic heterocycles. The number of Topliss-reactive ketones (excluding diaryl/α,β-unsaturated/α-hetero) is 1. The second kappa shape index (κ2) is 8.73. The number of ketones is 1. The van der Waals surface area contributed by atoms with E-state index in [-0.39, 0.29) is 35.2 Å². The summed E-state index contributed by atoms with van der Waals surface area (Å²) in [7, 11) is 2.58. The molecule has 0 saturated heterocycles. The van der Waals surface area contributed by atoms with Gasteiger partial charge in [0.1, 0.15) is 0 Å². The van der Waals surface area contributed by atoms with Crippen molar-refractivity contribution in [2.45, 2.75) is 37.7 Å². The molecule has 0 bridgehead atoms. The number of alkyl halides is 6. The van der Waals surface area contributed by atoms with Gasteiger partial charge in [-0.15, -0.1) is 0 Å². The van der Waals surface area contributed by atoms with E-state index in [1.54, 1.807) is 0 Å². The summed E-state index contributed by atoms with van der Waals surface area (Å²) in [5.74, 6) is -2.00. The van der Waals surface area contributed by atoms with Gasteiger partial charge in [-0.25, -0.2) is 4.79 Å². The van der Waals surface area contributed by atoms with E-state index in [0.29, 0.717) is 12.1 Å². The Bertz CT molecular complexity index is 1100. The van der Waals surface area contributed by atoms with Crippen LogP contribution in [-0.2, 0) is 12.4 Å². The van der Waals surface area contributed by atoms with E-state index in [9.17, 15) is 41.0 Å². The zero-order valence-corrected chi connectivity index (χ0v) is 18.0. The lowest BCUT2D eigenvalue weighted by atomic mass is 9.80. The number of ether oxygens (including phenoxy) is 2. The lowest BCUT2D eigenvalue weighted by molar-refractivity contribution is -0.143. The van der Waals surface area contributed by atoms with Gasteiger partial charge in [0.2, 0.25) is 0 Å². The maximum atomic E-state index is 13.3. The van der Waals surface area contributed by atoms with Crippen molar-refractivity contribution < 1.29 is 50.5 Å². The van der Waals surface area contributed by atoms with Crippen molar-refractivity contribution in [1.29, 1.82) is 0 Å². The fourth-order valence-electron chi connectivity index (χ4n) is 4.02. The van der Waals surface area contributed by atoms with Crippen molar-refractivity contribution >= 4 is 17.6 Å². The molecule has 1 N–H and O–H groups in total. The summed E-state index contributed by atoms with van der Waals surface area (Å²) in [5.41, 5.74) is -3.92. The molecular formula is C22H19F6NO5. The minimum Gasteiger partial charge on any atom is -0.493 e. The normalized spacial score (nSPS) is 18.3. The van der Waals surface area contributed by atoms with Gasteiger partial charge in [0, 0.05) is 17.7 Å². The van der Waals surface area contributed by atoms with Crippen molar-refractivity contribution in [2.24, 2.45) is 0 Å². The predicted octanol–water partition coefficient (Wildman–Crippen LogP) is 5.98. The topological polar surface area (TPSA) is 76.1 Å². The summed E-state index contributed by atoms with van der Waals surface area (Å²) < 4.78 is 90.1. The maximum absolute atomic E-state index is 13.3. The molecular weight excluding hydrogens is 472 g/mol. The molecule has 0 saturated carbocycles. The number of halogens is 6. The fraction of sp³-hybridized carbons (Fsp3) is 0.364. The Labute approximate surface area is 189 Å². The number of nitrogens with zero attached hydrogens (tertiary/aromatic N) is 1. The molecule has 184 valence electrons. The SMILES string of the molecule is COc1cc2c(cc1OC)N(C(=O)O)[C@H](C)C[C@H]2C(=O)c1cc(C(F)(F)F)cc(C(F)(F)F)c1. The number of methoxy groups -OCH3 is 2. The molecule has 0 radical (unpaired) electrons. The Morgan fingerprint density at radius 2 is 1.41 bits per heavy atom. The third kappa shape index (κ3) is 4.62. The number of carboxylic acid groups (broad SMARTS) is 1. The molecule has 0 aliphatic carbocycles. The number of carbonyl (C=O) groups is 2. The molecule has 1 heterocycles. The monoisotopic (exact) mass is 491 g/mol. The summed E-state index contributed by atoms with van der Waals surface area (Å²) in [6, 6.07) is 2.46. The highest BCUT2D eigenvalue weighted by Gasteiger charge is 2.41. The van der Waals surface area contributed by atoms with E-state index in [1.807, 2.05) is 0 Å². The number of hydrogen-bond donors (Lipinski definition) is 1. The van der Waals surface area contributed by atoms with E-state index in [1.165, 1.54) is 33.3 Å². The first kappa shape index (κ1) is 25.2. The van der Waals surface area contributed by atoms with E-state index in [2.05, 4.69) is 0 Å². The molecule has 1 amide bonds. The zero-order valence-electron chi connectivity index (χ0n) is 18.0. The van der Waals surface area contributed by atoms with E-state index in [4.69, 9.17) is 9.47 Å². The Hall–Kier alpha value is -3.44. The van der Waals surface area contributed by atoms with E-state index in [0.717, 1.165) is 4.90 Å². The molecule has 1 aliphatic heterocycles. The minimum atomic E-state index is -5.12. The van der Waals surface area contributed by atoms with Crippen molar-refractivity contribution in [3.63, 3.8) is 0 Å². The molecule has 2 aromatic carbocycles. The highest BCUT2D eigenvalue weighted by Crippen LogP contribution is 2.46. The van der Waals surface area contributed by atoms with E-state index >= 15 is 0 Å². The molecule has 3 rings (SSSR count). The quantitative estimate of drug-likeness (QED) is 0.421. The molecule has 1 aliphatic rings. The maximum Gasteiger partial charge on any atom is 0.416 e.